The number of hydrogen-bond donors (Lipinski definition) is 1. The summed E-state index contributed by atoms with van der Waals surface area (Å²) >= 11 is 0. The van der Waals surface area contributed by atoms with Gasteiger partial charge in [-0.1, -0.05) is 0 Å². The summed E-state index contributed by atoms with van der Waals surface area (Å²) in [6.07, 6.45) is 2.82. The topological polar surface area (TPSA) is 102 Å². The van der Waals surface area contributed by atoms with E-state index in [9.17, 15) is 18.5 Å². The fourth-order valence-electron chi connectivity index (χ4n) is 2.13. The van der Waals surface area contributed by atoms with Crippen LogP contribution >= 0.6 is 0 Å². The van der Waals surface area contributed by atoms with Crippen molar-refractivity contribution in [3.8, 4) is 0 Å². The lowest BCUT2D eigenvalue weighted by molar-refractivity contribution is -0.385. The summed E-state index contributed by atoms with van der Waals surface area (Å²) in [5, 5.41) is 13.6. The fraction of sp³-hybridized carbons (Fsp3) is 0.545. The molecular formula is C11H15N3O4S. The Morgan fingerprint density at radius 2 is 2.26 bits per heavy atom. The van der Waals surface area contributed by atoms with Crippen molar-refractivity contribution in [1.29, 1.82) is 0 Å². The second-order valence-electron chi connectivity index (χ2n) is 4.61. The number of aromatic nitrogens is 1. The van der Waals surface area contributed by atoms with Crippen molar-refractivity contribution >= 4 is 15.5 Å². The largest absolute Gasteiger partial charge is 0.316 e. The number of nitrogens with one attached hydrogen (secondary N) is 1. The molecule has 1 aromatic rings. The third kappa shape index (κ3) is 3.48. The van der Waals surface area contributed by atoms with Gasteiger partial charge in [-0.25, -0.2) is 13.4 Å². The minimum absolute atomic E-state index is 0.0326. The highest BCUT2D eigenvalue weighted by Gasteiger charge is 2.24. The highest BCUT2D eigenvalue weighted by atomic mass is 32.2. The summed E-state index contributed by atoms with van der Waals surface area (Å²) in [6.45, 7) is 1.61. The summed E-state index contributed by atoms with van der Waals surface area (Å²) in [6, 6.07) is 2.36. The van der Waals surface area contributed by atoms with Gasteiger partial charge >= 0.3 is 0 Å². The molecule has 7 nitrogen and oxygen atoms in total. The van der Waals surface area contributed by atoms with Gasteiger partial charge in [-0.15, -0.1) is 0 Å². The van der Waals surface area contributed by atoms with Gasteiger partial charge in [0.2, 0.25) is 0 Å². The molecular weight excluding hydrogens is 270 g/mol. The van der Waals surface area contributed by atoms with Crippen molar-refractivity contribution in [3.05, 3.63) is 28.4 Å². The van der Waals surface area contributed by atoms with Crippen LogP contribution in [0.4, 0.5) is 5.69 Å². The molecule has 104 valence electrons. The van der Waals surface area contributed by atoms with Crippen molar-refractivity contribution in [2.24, 2.45) is 5.92 Å². The van der Waals surface area contributed by atoms with Crippen LogP contribution in [0.1, 0.15) is 12.8 Å². The van der Waals surface area contributed by atoms with E-state index in [1.165, 1.54) is 12.1 Å². The normalized spacial score (nSPS) is 20.1. The van der Waals surface area contributed by atoms with Crippen LogP contribution in [0.5, 0.6) is 0 Å². The van der Waals surface area contributed by atoms with Crippen LogP contribution in [0.2, 0.25) is 0 Å². The molecule has 1 N–H and O–H groups in total. The van der Waals surface area contributed by atoms with E-state index >= 15 is 0 Å². The summed E-state index contributed by atoms with van der Waals surface area (Å²) < 4.78 is 24.2. The number of nitrogens with zero attached hydrogens (tertiary/aromatic N) is 2. The zero-order valence-electron chi connectivity index (χ0n) is 10.3. The summed E-state index contributed by atoms with van der Waals surface area (Å²) in [5.41, 5.74) is -0.210. The SMILES string of the molecule is O=[N+]([O-])c1ccc(S(=O)(=O)CC2CCCNC2)nc1. The second kappa shape index (κ2) is 5.62. The zero-order chi connectivity index (χ0) is 13.9. The molecule has 1 saturated heterocycles. The molecule has 1 fully saturated rings. The predicted octanol–water partition coefficient (Wildman–Crippen LogP) is 0.763. The highest BCUT2D eigenvalue weighted by molar-refractivity contribution is 7.91. The quantitative estimate of drug-likeness (QED) is 0.647. The van der Waals surface area contributed by atoms with Crippen molar-refractivity contribution in [2.45, 2.75) is 17.9 Å². The number of rotatable bonds is 4. The molecule has 19 heavy (non-hydrogen) atoms. The van der Waals surface area contributed by atoms with Gasteiger partial charge in [-0.3, -0.25) is 10.1 Å². The first-order valence-electron chi connectivity index (χ1n) is 6.03. The monoisotopic (exact) mass is 285 g/mol. The van der Waals surface area contributed by atoms with Crippen molar-refractivity contribution in [2.75, 3.05) is 18.8 Å². The lowest BCUT2D eigenvalue weighted by Gasteiger charge is -2.22. The molecule has 8 heteroatoms. The molecule has 0 radical (unpaired) electrons. The average Bonchev–Trinajstić information content (AvgIpc) is 2.39. The van der Waals surface area contributed by atoms with Crippen LogP contribution in [0, 0.1) is 16.0 Å². The Kier molecular flexibility index (Phi) is 4.11. The number of piperidine rings is 1. The van der Waals surface area contributed by atoms with E-state index in [1.807, 2.05) is 0 Å². The lowest BCUT2D eigenvalue weighted by atomic mass is 10.0. The molecule has 0 amide bonds. The van der Waals surface area contributed by atoms with E-state index < -0.39 is 14.8 Å². The summed E-state index contributed by atoms with van der Waals surface area (Å²) in [7, 11) is -3.48. The zero-order valence-corrected chi connectivity index (χ0v) is 11.1. The maximum atomic E-state index is 12.1. The molecule has 0 saturated carbocycles. The van der Waals surface area contributed by atoms with Gasteiger partial charge in [0.15, 0.2) is 14.9 Å². The van der Waals surface area contributed by atoms with E-state index in [1.54, 1.807) is 0 Å². The Morgan fingerprint density at radius 3 is 2.79 bits per heavy atom. The summed E-state index contributed by atoms with van der Waals surface area (Å²) in [5.74, 6) is 0.112. The minimum Gasteiger partial charge on any atom is -0.316 e. The van der Waals surface area contributed by atoms with E-state index in [-0.39, 0.29) is 22.4 Å². The molecule has 2 rings (SSSR count). The van der Waals surface area contributed by atoms with Crippen LogP contribution in [0.15, 0.2) is 23.4 Å². The van der Waals surface area contributed by atoms with Crippen LogP contribution in [-0.4, -0.2) is 37.2 Å². The second-order valence-corrected chi connectivity index (χ2v) is 6.59. The van der Waals surface area contributed by atoms with Crippen molar-refractivity contribution in [3.63, 3.8) is 0 Å². The number of sulfone groups is 1. The van der Waals surface area contributed by atoms with Gasteiger partial charge < -0.3 is 5.32 Å². The Hall–Kier alpha value is -1.54. The Bertz CT molecular complexity index is 550. The molecule has 0 aliphatic carbocycles. The van der Waals surface area contributed by atoms with Gasteiger partial charge in [-0.2, -0.15) is 0 Å². The summed E-state index contributed by atoms with van der Waals surface area (Å²) in [4.78, 5) is 13.6. The van der Waals surface area contributed by atoms with Gasteiger partial charge in [-0.05, 0) is 37.9 Å². The Labute approximate surface area is 111 Å². The first kappa shape index (κ1) is 13.9. The third-order valence-corrected chi connectivity index (χ3v) is 4.89. The van der Waals surface area contributed by atoms with Gasteiger partial charge in [0.1, 0.15) is 6.20 Å². The molecule has 2 heterocycles. The standard InChI is InChI=1S/C11H15N3O4S/c15-14(16)10-3-4-11(13-7-10)19(17,18)8-9-2-1-5-12-6-9/h3-4,7,9,12H,1-2,5-6,8H2. The van der Waals surface area contributed by atoms with E-state index in [2.05, 4.69) is 10.3 Å². The molecule has 1 aromatic heterocycles. The molecule has 1 atom stereocenters. The molecule has 0 bridgehead atoms. The Balaban J connectivity index is 2.12. The van der Waals surface area contributed by atoms with Crippen molar-refractivity contribution in [1.82, 2.24) is 10.3 Å². The lowest BCUT2D eigenvalue weighted by Crippen LogP contribution is -2.33. The third-order valence-electron chi connectivity index (χ3n) is 3.10. The molecule has 1 unspecified atom stereocenters. The van der Waals surface area contributed by atoms with Gasteiger partial charge in [0.05, 0.1) is 10.7 Å². The molecule has 1 aliphatic rings. The van der Waals surface area contributed by atoms with E-state index in [0.717, 1.165) is 25.6 Å². The predicted molar refractivity (Wildman–Crippen MR) is 68.5 cm³/mol. The van der Waals surface area contributed by atoms with Crippen LogP contribution in [-0.2, 0) is 9.84 Å². The average molecular weight is 285 g/mol. The number of nitro groups is 1. The number of pyridine rings is 1. The number of hydrogen-bond acceptors (Lipinski definition) is 6. The maximum Gasteiger partial charge on any atom is 0.287 e. The van der Waals surface area contributed by atoms with Gasteiger partial charge in [0, 0.05) is 6.07 Å². The molecule has 1 aliphatic heterocycles. The maximum absolute atomic E-state index is 12.1. The first-order valence-corrected chi connectivity index (χ1v) is 7.68. The smallest absolute Gasteiger partial charge is 0.287 e. The first-order chi connectivity index (χ1) is 8.99. The minimum atomic E-state index is -3.48. The van der Waals surface area contributed by atoms with Crippen LogP contribution < -0.4 is 5.32 Å². The molecule has 0 aromatic carbocycles. The van der Waals surface area contributed by atoms with Crippen LogP contribution in [0.3, 0.4) is 0 Å². The van der Waals surface area contributed by atoms with Gasteiger partial charge in [0.25, 0.3) is 5.69 Å². The fourth-order valence-corrected chi connectivity index (χ4v) is 3.69. The van der Waals surface area contributed by atoms with E-state index in [0.29, 0.717) is 6.54 Å². The van der Waals surface area contributed by atoms with E-state index in [4.69, 9.17) is 0 Å². The Morgan fingerprint density at radius 1 is 1.47 bits per heavy atom. The highest BCUT2D eigenvalue weighted by Crippen LogP contribution is 2.18. The van der Waals surface area contributed by atoms with Crippen LogP contribution in [0.25, 0.3) is 0 Å². The van der Waals surface area contributed by atoms with Crippen molar-refractivity contribution < 1.29 is 13.3 Å². The molecule has 0 spiro atoms.